The molecule has 0 aliphatic rings. The predicted molar refractivity (Wildman–Crippen MR) is 56.1 cm³/mol. The van der Waals surface area contributed by atoms with Gasteiger partial charge in [0.25, 0.3) is 0 Å². The minimum absolute atomic E-state index is 0.653. The summed E-state index contributed by atoms with van der Waals surface area (Å²) in [4.78, 5) is 3.11. The molecule has 0 atom stereocenters. The molecule has 0 saturated heterocycles. The van der Waals surface area contributed by atoms with Crippen LogP contribution in [0.25, 0.3) is 10.9 Å². The molecule has 3 heteroatoms. The van der Waals surface area contributed by atoms with Crippen LogP contribution >= 0.6 is 11.6 Å². The molecule has 2 aromatic rings. The zero-order valence-electron chi connectivity index (χ0n) is 7.18. The standard InChI is InChI=1S/C10H11ClN2/c11-8-6-13-9-3-1-2-7(4-5-12)10(8)9/h1-3,6,13H,4-5,12H2. The molecule has 0 aliphatic carbocycles. The Morgan fingerprint density at radius 3 is 3.00 bits per heavy atom. The van der Waals surface area contributed by atoms with Crippen LogP contribution in [0.15, 0.2) is 24.4 Å². The molecule has 68 valence electrons. The van der Waals surface area contributed by atoms with Crippen molar-refractivity contribution in [3.05, 3.63) is 35.0 Å². The molecule has 3 N–H and O–H groups in total. The fourth-order valence-corrected chi connectivity index (χ4v) is 1.86. The molecule has 0 spiro atoms. The second-order valence-electron chi connectivity index (χ2n) is 3.01. The summed E-state index contributed by atoms with van der Waals surface area (Å²) in [5, 5.41) is 1.88. The Hall–Kier alpha value is -0.990. The third-order valence-electron chi connectivity index (χ3n) is 2.16. The van der Waals surface area contributed by atoms with Crippen molar-refractivity contribution in [3.8, 4) is 0 Å². The van der Waals surface area contributed by atoms with Gasteiger partial charge >= 0.3 is 0 Å². The molecule has 0 radical (unpaired) electrons. The van der Waals surface area contributed by atoms with Crippen molar-refractivity contribution >= 4 is 22.5 Å². The van der Waals surface area contributed by atoms with E-state index in [0.717, 1.165) is 22.3 Å². The molecule has 0 aliphatic heterocycles. The van der Waals surface area contributed by atoms with E-state index in [2.05, 4.69) is 11.1 Å². The quantitative estimate of drug-likeness (QED) is 0.757. The molecule has 0 bridgehead atoms. The molecule has 2 nitrogen and oxygen atoms in total. The first kappa shape index (κ1) is 8.60. The smallest absolute Gasteiger partial charge is 0.0662 e. The Kier molecular flexibility index (Phi) is 2.25. The van der Waals surface area contributed by atoms with Gasteiger partial charge in [-0.15, -0.1) is 0 Å². The lowest BCUT2D eigenvalue weighted by Crippen LogP contribution is -2.02. The minimum atomic E-state index is 0.653. The lowest BCUT2D eigenvalue weighted by molar-refractivity contribution is 0.977. The Bertz CT molecular complexity index is 420. The van der Waals surface area contributed by atoms with Crippen molar-refractivity contribution in [3.63, 3.8) is 0 Å². The van der Waals surface area contributed by atoms with Crippen molar-refractivity contribution in [1.82, 2.24) is 4.98 Å². The first-order chi connectivity index (χ1) is 6.33. The minimum Gasteiger partial charge on any atom is -0.360 e. The number of hydrogen-bond donors (Lipinski definition) is 2. The van der Waals surface area contributed by atoms with Crippen LogP contribution < -0.4 is 5.73 Å². The highest BCUT2D eigenvalue weighted by Gasteiger charge is 2.05. The average molecular weight is 195 g/mol. The fraction of sp³-hybridized carbons (Fsp3) is 0.200. The van der Waals surface area contributed by atoms with E-state index >= 15 is 0 Å². The average Bonchev–Trinajstić information content (AvgIpc) is 2.50. The lowest BCUT2D eigenvalue weighted by atomic mass is 10.1. The number of fused-ring (bicyclic) bond motifs is 1. The first-order valence-electron chi connectivity index (χ1n) is 4.27. The van der Waals surface area contributed by atoms with Gasteiger partial charge in [-0.3, -0.25) is 0 Å². The normalized spacial score (nSPS) is 10.9. The van der Waals surface area contributed by atoms with Crippen molar-refractivity contribution in [1.29, 1.82) is 0 Å². The van der Waals surface area contributed by atoms with Gasteiger partial charge in [0.05, 0.1) is 5.02 Å². The number of halogens is 1. The van der Waals surface area contributed by atoms with Crippen LogP contribution in [-0.4, -0.2) is 11.5 Å². The number of rotatable bonds is 2. The first-order valence-corrected chi connectivity index (χ1v) is 4.65. The van der Waals surface area contributed by atoms with Crippen LogP contribution in [0, 0.1) is 0 Å². The van der Waals surface area contributed by atoms with Gasteiger partial charge in [0, 0.05) is 17.1 Å². The number of benzene rings is 1. The topological polar surface area (TPSA) is 41.8 Å². The molecule has 13 heavy (non-hydrogen) atoms. The van der Waals surface area contributed by atoms with E-state index in [-0.39, 0.29) is 0 Å². The molecule has 2 rings (SSSR count). The largest absolute Gasteiger partial charge is 0.360 e. The highest BCUT2D eigenvalue weighted by molar-refractivity contribution is 6.35. The van der Waals surface area contributed by atoms with Gasteiger partial charge in [-0.05, 0) is 24.6 Å². The van der Waals surface area contributed by atoms with E-state index in [9.17, 15) is 0 Å². The number of hydrogen-bond acceptors (Lipinski definition) is 1. The number of H-pyrrole nitrogens is 1. The number of aromatic nitrogens is 1. The maximum Gasteiger partial charge on any atom is 0.0662 e. The second-order valence-corrected chi connectivity index (χ2v) is 3.42. The number of nitrogens with one attached hydrogen (secondary N) is 1. The van der Waals surface area contributed by atoms with Crippen molar-refractivity contribution < 1.29 is 0 Å². The third-order valence-corrected chi connectivity index (χ3v) is 2.46. The van der Waals surface area contributed by atoms with E-state index in [4.69, 9.17) is 17.3 Å². The van der Waals surface area contributed by atoms with Crippen LogP contribution in [-0.2, 0) is 6.42 Å². The molecule has 0 saturated carbocycles. The lowest BCUT2D eigenvalue weighted by Gasteiger charge is -2.00. The van der Waals surface area contributed by atoms with E-state index in [1.807, 2.05) is 18.3 Å². The summed E-state index contributed by atoms with van der Waals surface area (Å²) in [5.74, 6) is 0. The zero-order chi connectivity index (χ0) is 9.26. The van der Waals surface area contributed by atoms with Crippen LogP contribution in [0.4, 0.5) is 0 Å². The Morgan fingerprint density at radius 1 is 1.38 bits per heavy atom. The Balaban J connectivity index is 2.65. The van der Waals surface area contributed by atoms with Crippen LogP contribution in [0.2, 0.25) is 5.02 Å². The van der Waals surface area contributed by atoms with Gasteiger partial charge in [0.2, 0.25) is 0 Å². The molecule has 1 aromatic carbocycles. The van der Waals surface area contributed by atoms with Crippen molar-refractivity contribution in [2.45, 2.75) is 6.42 Å². The Morgan fingerprint density at radius 2 is 2.23 bits per heavy atom. The summed E-state index contributed by atoms with van der Waals surface area (Å²) in [6, 6.07) is 6.09. The van der Waals surface area contributed by atoms with Crippen molar-refractivity contribution in [2.75, 3.05) is 6.54 Å². The zero-order valence-corrected chi connectivity index (χ0v) is 7.93. The van der Waals surface area contributed by atoms with Crippen LogP contribution in [0.3, 0.4) is 0 Å². The van der Waals surface area contributed by atoms with E-state index in [1.54, 1.807) is 0 Å². The predicted octanol–water partition coefficient (Wildman–Crippen LogP) is 2.32. The SMILES string of the molecule is NCCc1cccc2[nH]cc(Cl)c12. The number of aromatic amines is 1. The highest BCUT2D eigenvalue weighted by atomic mass is 35.5. The molecule has 0 fully saturated rings. The molecular weight excluding hydrogens is 184 g/mol. The van der Waals surface area contributed by atoms with Gasteiger partial charge in [-0.1, -0.05) is 23.7 Å². The third kappa shape index (κ3) is 1.43. The molecule has 1 aromatic heterocycles. The summed E-state index contributed by atoms with van der Waals surface area (Å²) < 4.78 is 0. The van der Waals surface area contributed by atoms with Gasteiger partial charge in [0.15, 0.2) is 0 Å². The maximum absolute atomic E-state index is 6.04. The summed E-state index contributed by atoms with van der Waals surface area (Å²) in [5.41, 5.74) is 7.81. The van der Waals surface area contributed by atoms with E-state index in [1.165, 1.54) is 5.56 Å². The van der Waals surface area contributed by atoms with Crippen LogP contribution in [0.1, 0.15) is 5.56 Å². The van der Waals surface area contributed by atoms with Gasteiger partial charge in [-0.25, -0.2) is 0 Å². The molecule has 1 heterocycles. The fourth-order valence-electron chi connectivity index (χ4n) is 1.58. The monoisotopic (exact) mass is 194 g/mol. The summed E-state index contributed by atoms with van der Waals surface area (Å²) >= 11 is 6.04. The molecular formula is C10H11ClN2. The van der Waals surface area contributed by atoms with E-state index < -0.39 is 0 Å². The van der Waals surface area contributed by atoms with Gasteiger partial charge in [-0.2, -0.15) is 0 Å². The van der Waals surface area contributed by atoms with Crippen LogP contribution in [0.5, 0.6) is 0 Å². The van der Waals surface area contributed by atoms with Crippen molar-refractivity contribution in [2.24, 2.45) is 5.73 Å². The summed E-state index contributed by atoms with van der Waals surface area (Å²) in [6.45, 7) is 0.653. The number of nitrogens with two attached hydrogens (primary N) is 1. The maximum atomic E-state index is 6.04. The van der Waals surface area contributed by atoms with Gasteiger partial charge < -0.3 is 10.7 Å². The Labute approximate surface area is 81.7 Å². The highest BCUT2D eigenvalue weighted by Crippen LogP contribution is 2.26. The van der Waals surface area contributed by atoms with Gasteiger partial charge in [0.1, 0.15) is 0 Å². The second kappa shape index (κ2) is 3.40. The summed E-state index contributed by atoms with van der Waals surface area (Å²) in [6.07, 6.45) is 2.68. The summed E-state index contributed by atoms with van der Waals surface area (Å²) in [7, 11) is 0. The molecule has 0 unspecified atom stereocenters. The molecule has 0 amide bonds. The van der Waals surface area contributed by atoms with E-state index in [0.29, 0.717) is 6.54 Å².